The number of nitrogens with zero attached hydrogens (tertiary/aromatic N) is 2. The van der Waals surface area contributed by atoms with Crippen LogP contribution in [0.1, 0.15) is 39.5 Å². The summed E-state index contributed by atoms with van der Waals surface area (Å²) >= 11 is 0. The van der Waals surface area contributed by atoms with Gasteiger partial charge in [0, 0.05) is 13.1 Å². The van der Waals surface area contributed by atoms with Crippen LogP contribution in [0.2, 0.25) is 0 Å². The average Bonchev–Trinajstić information content (AvgIpc) is 2.69. The number of nitriles is 1. The monoisotopic (exact) mass is 251 g/mol. The fourth-order valence-electron chi connectivity index (χ4n) is 3.11. The van der Waals surface area contributed by atoms with Crippen molar-refractivity contribution in [2.75, 3.05) is 26.2 Å². The van der Waals surface area contributed by atoms with E-state index in [1.807, 2.05) is 6.92 Å². The maximum atomic E-state index is 9.20. The van der Waals surface area contributed by atoms with Crippen molar-refractivity contribution < 1.29 is 4.74 Å². The Labute approximate surface area is 110 Å². The van der Waals surface area contributed by atoms with Crippen LogP contribution in [0.15, 0.2) is 0 Å². The highest BCUT2D eigenvalue weighted by atomic mass is 16.5. The molecule has 0 aliphatic carbocycles. The van der Waals surface area contributed by atoms with Gasteiger partial charge in [-0.2, -0.15) is 5.26 Å². The molecule has 3 unspecified atom stereocenters. The zero-order chi connectivity index (χ0) is 13.0. The van der Waals surface area contributed by atoms with Gasteiger partial charge in [0.15, 0.2) is 0 Å². The van der Waals surface area contributed by atoms with Gasteiger partial charge in [0.2, 0.25) is 0 Å². The summed E-state index contributed by atoms with van der Waals surface area (Å²) in [6.45, 7) is 8.17. The second-order valence-corrected chi connectivity index (χ2v) is 5.79. The maximum Gasteiger partial charge on any atom is 0.103 e. The van der Waals surface area contributed by atoms with Gasteiger partial charge in [-0.25, -0.2) is 0 Å². The lowest BCUT2D eigenvalue weighted by Gasteiger charge is -2.32. The molecule has 0 spiro atoms. The molecule has 0 saturated carbocycles. The number of morpholine rings is 1. The third-order valence-corrected chi connectivity index (χ3v) is 4.08. The molecule has 102 valence electrons. The second kappa shape index (κ2) is 6.01. The molecule has 4 nitrogen and oxygen atoms in total. The van der Waals surface area contributed by atoms with Crippen LogP contribution >= 0.6 is 0 Å². The van der Waals surface area contributed by atoms with Gasteiger partial charge in [0.25, 0.3) is 0 Å². The first-order valence-corrected chi connectivity index (χ1v) is 7.19. The molecule has 2 bridgehead atoms. The van der Waals surface area contributed by atoms with Gasteiger partial charge in [-0.05, 0) is 45.7 Å². The van der Waals surface area contributed by atoms with Crippen LogP contribution < -0.4 is 5.32 Å². The van der Waals surface area contributed by atoms with Gasteiger partial charge in [-0.15, -0.1) is 0 Å². The van der Waals surface area contributed by atoms with E-state index in [1.165, 1.54) is 12.8 Å². The van der Waals surface area contributed by atoms with Crippen molar-refractivity contribution in [1.82, 2.24) is 10.2 Å². The second-order valence-electron chi connectivity index (χ2n) is 5.79. The molecule has 3 atom stereocenters. The summed E-state index contributed by atoms with van der Waals surface area (Å²) in [5.74, 6) is 0. The zero-order valence-corrected chi connectivity index (χ0v) is 11.6. The fraction of sp³-hybridized carbons (Fsp3) is 0.929. The Balaban J connectivity index is 1.70. The number of hydrogen-bond donors (Lipinski definition) is 1. The fourth-order valence-corrected chi connectivity index (χ4v) is 3.11. The molecule has 0 aromatic carbocycles. The van der Waals surface area contributed by atoms with Crippen molar-refractivity contribution in [1.29, 1.82) is 5.26 Å². The van der Waals surface area contributed by atoms with Crippen molar-refractivity contribution in [3.8, 4) is 6.07 Å². The highest BCUT2D eigenvalue weighted by molar-refractivity contribution is 5.03. The first kappa shape index (κ1) is 13.8. The molecule has 2 saturated heterocycles. The summed E-state index contributed by atoms with van der Waals surface area (Å²) in [7, 11) is 0. The SMILES string of the molecule is CCNC(C)(C#N)CCCN1CC2CCC(C1)O2. The van der Waals surface area contributed by atoms with Crippen molar-refractivity contribution in [3.05, 3.63) is 0 Å². The molecule has 2 aliphatic rings. The first-order valence-electron chi connectivity index (χ1n) is 7.19. The Kier molecular flexibility index (Phi) is 4.60. The van der Waals surface area contributed by atoms with E-state index in [-0.39, 0.29) is 5.54 Å². The van der Waals surface area contributed by atoms with E-state index < -0.39 is 0 Å². The summed E-state index contributed by atoms with van der Waals surface area (Å²) in [4.78, 5) is 2.51. The Hall–Kier alpha value is -0.630. The predicted octanol–water partition coefficient (Wildman–Crippen LogP) is 1.52. The van der Waals surface area contributed by atoms with Crippen LogP contribution in [0.3, 0.4) is 0 Å². The topological polar surface area (TPSA) is 48.3 Å². The molecule has 0 radical (unpaired) electrons. The van der Waals surface area contributed by atoms with Crippen molar-refractivity contribution in [2.45, 2.75) is 57.3 Å². The summed E-state index contributed by atoms with van der Waals surface area (Å²) in [6.07, 6.45) is 5.41. The smallest absolute Gasteiger partial charge is 0.103 e. The molecule has 0 aromatic heterocycles. The lowest BCUT2D eigenvalue weighted by Crippen LogP contribution is -2.44. The van der Waals surface area contributed by atoms with Gasteiger partial charge < -0.3 is 4.74 Å². The molecule has 1 N–H and O–H groups in total. The third kappa shape index (κ3) is 3.44. The molecule has 0 aromatic rings. The molecular formula is C14H25N3O. The quantitative estimate of drug-likeness (QED) is 0.777. The maximum absolute atomic E-state index is 9.20. The zero-order valence-electron chi connectivity index (χ0n) is 11.6. The summed E-state index contributed by atoms with van der Waals surface area (Å²) in [5, 5.41) is 12.5. The minimum Gasteiger partial charge on any atom is -0.372 e. The lowest BCUT2D eigenvalue weighted by atomic mass is 9.97. The number of ether oxygens (including phenoxy) is 1. The minimum atomic E-state index is -0.361. The first-order chi connectivity index (χ1) is 8.65. The van der Waals surface area contributed by atoms with Crippen molar-refractivity contribution in [3.63, 3.8) is 0 Å². The highest BCUT2D eigenvalue weighted by Gasteiger charge is 2.33. The third-order valence-electron chi connectivity index (χ3n) is 4.08. The van der Waals surface area contributed by atoms with Crippen LogP contribution in [-0.2, 0) is 4.74 Å². The van der Waals surface area contributed by atoms with Crippen LogP contribution in [-0.4, -0.2) is 48.8 Å². The average molecular weight is 251 g/mol. The largest absolute Gasteiger partial charge is 0.372 e. The molecular weight excluding hydrogens is 226 g/mol. The summed E-state index contributed by atoms with van der Waals surface area (Å²) in [5.41, 5.74) is -0.361. The molecule has 2 fully saturated rings. The van der Waals surface area contributed by atoms with E-state index in [0.717, 1.165) is 39.0 Å². The van der Waals surface area contributed by atoms with E-state index in [1.54, 1.807) is 0 Å². The number of rotatable bonds is 6. The Morgan fingerprint density at radius 2 is 2.06 bits per heavy atom. The molecule has 18 heavy (non-hydrogen) atoms. The highest BCUT2D eigenvalue weighted by Crippen LogP contribution is 2.26. The van der Waals surface area contributed by atoms with E-state index >= 15 is 0 Å². The molecule has 4 heteroatoms. The lowest BCUT2D eigenvalue weighted by molar-refractivity contribution is -0.0387. The van der Waals surface area contributed by atoms with Gasteiger partial charge >= 0.3 is 0 Å². The van der Waals surface area contributed by atoms with Crippen LogP contribution in [0.4, 0.5) is 0 Å². The van der Waals surface area contributed by atoms with Gasteiger partial charge in [0.1, 0.15) is 5.54 Å². The Morgan fingerprint density at radius 1 is 1.39 bits per heavy atom. The van der Waals surface area contributed by atoms with Gasteiger partial charge in [-0.3, -0.25) is 10.2 Å². The van der Waals surface area contributed by atoms with Crippen molar-refractivity contribution >= 4 is 0 Å². The van der Waals surface area contributed by atoms with Gasteiger partial charge in [-0.1, -0.05) is 6.92 Å². The van der Waals surface area contributed by atoms with E-state index in [9.17, 15) is 5.26 Å². The van der Waals surface area contributed by atoms with Gasteiger partial charge in [0.05, 0.1) is 18.3 Å². The number of fused-ring (bicyclic) bond motifs is 2. The number of hydrogen-bond acceptors (Lipinski definition) is 4. The Bertz CT molecular complexity index is 303. The van der Waals surface area contributed by atoms with Crippen molar-refractivity contribution in [2.24, 2.45) is 0 Å². The standard InChI is InChI=1S/C14H25N3O/c1-3-16-14(2,11-15)7-4-8-17-9-12-5-6-13(10-17)18-12/h12-13,16H,3-10H2,1-2H3. The number of likely N-dealkylation sites (tertiary alicyclic amines) is 1. The minimum absolute atomic E-state index is 0.361. The molecule has 2 aliphatic heterocycles. The summed E-state index contributed by atoms with van der Waals surface area (Å²) < 4.78 is 5.83. The Morgan fingerprint density at radius 3 is 2.61 bits per heavy atom. The van der Waals surface area contributed by atoms with Crippen LogP contribution in [0, 0.1) is 11.3 Å². The molecule has 2 heterocycles. The molecule has 0 amide bonds. The molecule has 2 rings (SSSR count). The van der Waals surface area contributed by atoms with E-state index in [0.29, 0.717) is 12.2 Å². The van der Waals surface area contributed by atoms with Crippen LogP contribution in [0.25, 0.3) is 0 Å². The normalized spacial score (nSPS) is 30.9. The van der Waals surface area contributed by atoms with E-state index in [2.05, 4.69) is 23.2 Å². The number of nitrogens with one attached hydrogen (secondary N) is 1. The van der Waals surface area contributed by atoms with Crippen LogP contribution in [0.5, 0.6) is 0 Å². The summed E-state index contributed by atoms with van der Waals surface area (Å²) in [6, 6.07) is 2.39. The van der Waals surface area contributed by atoms with E-state index in [4.69, 9.17) is 4.74 Å². The predicted molar refractivity (Wildman–Crippen MR) is 71.3 cm³/mol.